The number of nitrogens with one attached hydrogen (secondary N) is 1. The summed E-state index contributed by atoms with van der Waals surface area (Å²) in [4.78, 5) is 12.4. The Morgan fingerprint density at radius 1 is 1.03 bits per heavy atom. The van der Waals surface area contributed by atoms with Crippen LogP contribution in [0, 0.1) is 0 Å². The lowest BCUT2D eigenvalue weighted by Gasteiger charge is -2.24. The Morgan fingerprint density at radius 2 is 1.68 bits per heavy atom. The summed E-state index contributed by atoms with van der Waals surface area (Å²) in [7, 11) is 0. The molecule has 8 nitrogen and oxygen atoms in total. The first kappa shape index (κ1) is 22.1. The van der Waals surface area contributed by atoms with Crippen molar-refractivity contribution in [3.05, 3.63) is 65.7 Å². The molecule has 8 heteroatoms. The normalized spacial score (nSPS) is 15.0. The van der Waals surface area contributed by atoms with Gasteiger partial charge in [0.15, 0.2) is 0 Å². The van der Waals surface area contributed by atoms with Gasteiger partial charge in [-0.05, 0) is 63.4 Å². The maximum absolute atomic E-state index is 12.4. The first-order chi connectivity index (χ1) is 14.7. The minimum absolute atomic E-state index is 0.159. The van der Waals surface area contributed by atoms with E-state index in [1.54, 1.807) is 0 Å². The molecule has 3 rings (SSSR count). The van der Waals surface area contributed by atoms with E-state index in [2.05, 4.69) is 15.5 Å². The smallest absolute Gasteiger partial charge is 0.408 e. The number of nitrogens with two attached hydrogens (primary N) is 2. The monoisotopic (exact) mass is 423 g/mol. The lowest BCUT2D eigenvalue weighted by molar-refractivity contribution is 0.0513. The van der Waals surface area contributed by atoms with Crippen LogP contribution in [0.25, 0.3) is 0 Å². The van der Waals surface area contributed by atoms with Crippen molar-refractivity contribution in [2.75, 3.05) is 0 Å². The van der Waals surface area contributed by atoms with Crippen molar-refractivity contribution >= 4 is 17.8 Å². The molecule has 1 fully saturated rings. The van der Waals surface area contributed by atoms with Crippen LogP contribution in [0.4, 0.5) is 4.79 Å². The number of amides is 1. The molecule has 0 atom stereocenters. The second kappa shape index (κ2) is 9.07. The molecule has 5 N–H and O–H groups in total. The van der Waals surface area contributed by atoms with E-state index >= 15 is 0 Å². The Kier molecular flexibility index (Phi) is 6.48. The molecule has 0 aliphatic heterocycles. The average Bonchev–Trinajstić information content (AvgIpc) is 3.46. The molecule has 1 aliphatic carbocycles. The van der Waals surface area contributed by atoms with Crippen LogP contribution < -0.4 is 21.5 Å². The number of benzene rings is 2. The first-order valence-electron chi connectivity index (χ1n) is 10.1. The zero-order valence-corrected chi connectivity index (χ0v) is 18.1. The van der Waals surface area contributed by atoms with E-state index in [4.69, 9.17) is 20.9 Å². The molecule has 0 spiro atoms. The fourth-order valence-electron chi connectivity index (χ4n) is 3.03. The maximum atomic E-state index is 12.4. The van der Waals surface area contributed by atoms with Crippen molar-refractivity contribution in [1.29, 1.82) is 0 Å². The quantitative estimate of drug-likeness (QED) is 0.358. The summed E-state index contributed by atoms with van der Waals surface area (Å²) >= 11 is 0. The Labute approximate surface area is 182 Å². The van der Waals surface area contributed by atoms with Gasteiger partial charge in [0.05, 0.1) is 11.3 Å². The van der Waals surface area contributed by atoms with E-state index in [0.717, 1.165) is 16.9 Å². The number of carbonyl (C=O) groups excluding carboxylic acids is 1. The van der Waals surface area contributed by atoms with Gasteiger partial charge in [0.1, 0.15) is 18.0 Å². The van der Waals surface area contributed by atoms with Gasteiger partial charge in [0, 0.05) is 5.56 Å². The van der Waals surface area contributed by atoms with E-state index in [1.807, 2.05) is 75.4 Å². The topological polar surface area (TPSA) is 124 Å². The Hall–Kier alpha value is -3.55. The van der Waals surface area contributed by atoms with Crippen LogP contribution >= 0.6 is 0 Å². The van der Waals surface area contributed by atoms with Gasteiger partial charge < -0.3 is 26.3 Å². The predicted octanol–water partition coefficient (Wildman–Crippen LogP) is 3.30. The highest BCUT2D eigenvalue weighted by atomic mass is 16.6. The standard InChI is InChI=1S/C23H29N5O3/c1-22(2,3)31-21(29)26-23(13-14-23)19(27-28-20(24)25)17-9-11-18(12-10-17)30-15-16-7-5-4-6-8-16/h4-12H,13-15H2,1-3H3,(H,26,29)(H4,24,25,28)/b27-19-. The number of ether oxygens (including phenoxy) is 2. The highest BCUT2D eigenvalue weighted by Gasteiger charge is 2.50. The number of hydrogen-bond donors (Lipinski definition) is 3. The summed E-state index contributed by atoms with van der Waals surface area (Å²) in [5.74, 6) is 0.562. The molecule has 1 amide bonds. The molecule has 1 aliphatic rings. The molecular weight excluding hydrogens is 394 g/mol. The van der Waals surface area contributed by atoms with Gasteiger partial charge in [-0.2, -0.15) is 0 Å². The van der Waals surface area contributed by atoms with E-state index in [9.17, 15) is 4.79 Å². The molecule has 2 aromatic carbocycles. The lowest BCUT2D eigenvalue weighted by Crippen LogP contribution is -2.45. The molecule has 0 aromatic heterocycles. The Bertz CT molecular complexity index is 955. The summed E-state index contributed by atoms with van der Waals surface area (Å²) in [6.07, 6.45) is 0.902. The highest BCUT2D eigenvalue weighted by molar-refractivity contribution is 6.10. The van der Waals surface area contributed by atoms with Gasteiger partial charge in [-0.25, -0.2) is 4.79 Å². The predicted molar refractivity (Wildman–Crippen MR) is 121 cm³/mol. The van der Waals surface area contributed by atoms with E-state index < -0.39 is 17.2 Å². The summed E-state index contributed by atoms with van der Waals surface area (Å²) in [6, 6.07) is 17.4. The van der Waals surface area contributed by atoms with Gasteiger partial charge in [0.25, 0.3) is 0 Å². The molecule has 164 valence electrons. The van der Waals surface area contributed by atoms with Crippen molar-refractivity contribution in [3.63, 3.8) is 0 Å². The zero-order valence-electron chi connectivity index (χ0n) is 18.1. The van der Waals surface area contributed by atoms with E-state index in [-0.39, 0.29) is 5.96 Å². The second-order valence-electron chi connectivity index (χ2n) is 8.48. The molecule has 0 saturated heterocycles. The zero-order chi connectivity index (χ0) is 22.5. The largest absolute Gasteiger partial charge is 0.489 e. The second-order valence-corrected chi connectivity index (χ2v) is 8.48. The van der Waals surface area contributed by atoms with Crippen molar-refractivity contribution in [2.45, 2.75) is 51.4 Å². The van der Waals surface area contributed by atoms with Gasteiger partial charge in [0.2, 0.25) is 5.96 Å². The number of rotatable bonds is 7. The number of nitrogens with zero attached hydrogens (tertiary/aromatic N) is 2. The fourth-order valence-corrected chi connectivity index (χ4v) is 3.03. The van der Waals surface area contributed by atoms with E-state index in [1.165, 1.54) is 0 Å². The SMILES string of the molecule is CC(C)(C)OC(=O)NC1(/C(=N\N=C(N)N)c2ccc(OCc3ccccc3)cc2)CC1. The molecular formula is C23H29N5O3. The van der Waals surface area contributed by atoms with Crippen molar-refractivity contribution in [3.8, 4) is 5.75 Å². The van der Waals surface area contributed by atoms with Gasteiger partial charge in [-0.15, -0.1) is 10.2 Å². The van der Waals surface area contributed by atoms with Crippen molar-refractivity contribution in [1.82, 2.24) is 5.32 Å². The summed E-state index contributed by atoms with van der Waals surface area (Å²) in [6.45, 7) is 5.91. The van der Waals surface area contributed by atoms with Crippen LogP contribution in [0.15, 0.2) is 64.8 Å². The third-order valence-corrected chi connectivity index (χ3v) is 4.59. The van der Waals surface area contributed by atoms with Crippen LogP contribution in [0.1, 0.15) is 44.7 Å². The minimum atomic E-state index is -0.673. The maximum Gasteiger partial charge on any atom is 0.408 e. The lowest BCUT2D eigenvalue weighted by atomic mass is 10.0. The number of carbonyl (C=O) groups is 1. The molecule has 0 bridgehead atoms. The van der Waals surface area contributed by atoms with Crippen LogP contribution in [0.3, 0.4) is 0 Å². The Morgan fingerprint density at radius 3 is 2.23 bits per heavy atom. The molecule has 0 unspecified atom stereocenters. The first-order valence-corrected chi connectivity index (χ1v) is 10.1. The molecule has 1 saturated carbocycles. The summed E-state index contributed by atoms with van der Waals surface area (Å²) < 4.78 is 11.3. The minimum Gasteiger partial charge on any atom is -0.489 e. The van der Waals surface area contributed by atoms with Crippen LogP contribution in [-0.4, -0.2) is 28.9 Å². The third-order valence-electron chi connectivity index (χ3n) is 4.59. The average molecular weight is 424 g/mol. The Balaban J connectivity index is 1.77. The summed E-state index contributed by atoms with van der Waals surface area (Å²) in [5, 5.41) is 11.0. The van der Waals surface area contributed by atoms with Gasteiger partial charge in [-0.1, -0.05) is 30.3 Å². The van der Waals surface area contributed by atoms with Gasteiger partial charge in [-0.3, -0.25) is 0 Å². The van der Waals surface area contributed by atoms with Crippen LogP contribution in [0.5, 0.6) is 5.75 Å². The highest BCUT2D eigenvalue weighted by Crippen LogP contribution is 2.40. The molecule has 31 heavy (non-hydrogen) atoms. The van der Waals surface area contributed by atoms with E-state index in [0.29, 0.717) is 25.2 Å². The fraction of sp³-hybridized carbons (Fsp3) is 0.348. The van der Waals surface area contributed by atoms with Crippen molar-refractivity contribution < 1.29 is 14.3 Å². The van der Waals surface area contributed by atoms with Crippen LogP contribution in [-0.2, 0) is 11.3 Å². The van der Waals surface area contributed by atoms with Gasteiger partial charge >= 0.3 is 6.09 Å². The van der Waals surface area contributed by atoms with Crippen LogP contribution in [0.2, 0.25) is 0 Å². The molecule has 0 radical (unpaired) electrons. The van der Waals surface area contributed by atoms with Crippen molar-refractivity contribution in [2.24, 2.45) is 21.7 Å². The third kappa shape index (κ3) is 6.47. The summed E-state index contributed by atoms with van der Waals surface area (Å²) in [5.41, 5.74) is 12.1. The number of guanidine groups is 1. The molecule has 0 heterocycles. The number of hydrogen-bond acceptors (Lipinski definition) is 5. The molecule has 2 aromatic rings. The number of alkyl carbamates (subject to hydrolysis) is 1.